The number of anilines is 2. The Bertz CT molecular complexity index is 1100. The predicted molar refractivity (Wildman–Crippen MR) is 116 cm³/mol. The molecule has 1 heterocycles. The fourth-order valence-corrected chi connectivity index (χ4v) is 4.26. The van der Waals surface area contributed by atoms with Gasteiger partial charge in [-0.05, 0) is 59.7 Å². The maximum Gasteiger partial charge on any atom is 0.230 e. The van der Waals surface area contributed by atoms with Crippen molar-refractivity contribution in [2.45, 2.75) is 32.1 Å². The van der Waals surface area contributed by atoms with E-state index < -0.39 is 0 Å². The van der Waals surface area contributed by atoms with E-state index in [4.69, 9.17) is 0 Å². The molecule has 1 fully saturated rings. The normalized spacial score (nSPS) is 15.8. The summed E-state index contributed by atoms with van der Waals surface area (Å²) in [4.78, 5) is 27.3. The third-order valence-corrected chi connectivity index (χ3v) is 5.91. The minimum atomic E-state index is -0.0443. The number of carbonyl (C=O) groups excluding carboxylic acids is 2. The van der Waals surface area contributed by atoms with E-state index in [9.17, 15) is 9.59 Å². The maximum absolute atomic E-state index is 12.7. The average molecular weight is 384 g/mol. The van der Waals surface area contributed by atoms with Crippen molar-refractivity contribution in [1.29, 1.82) is 0 Å². The molecule has 1 saturated carbocycles. The first-order valence-corrected chi connectivity index (χ1v) is 10.4. The molecule has 4 nitrogen and oxygen atoms in total. The minimum absolute atomic E-state index is 0.0443. The highest BCUT2D eigenvalue weighted by Crippen LogP contribution is 2.37. The van der Waals surface area contributed by atoms with Gasteiger partial charge in [0.25, 0.3) is 0 Å². The maximum atomic E-state index is 12.7. The number of rotatable bonds is 4. The largest absolute Gasteiger partial charge is 0.326 e. The van der Waals surface area contributed by atoms with Crippen LogP contribution in [0.4, 0.5) is 11.4 Å². The number of carbonyl (C=O) groups is 2. The van der Waals surface area contributed by atoms with E-state index >= 15 is 0 Å². The molecule has 146 valence electrons. The molecular weight excluding hydrogens is 360 g/mol. The summed E-state index contributed by atoms with van der Waals surface area (Å²) < 4.78 is 0. The van der Waals surface area contributed by atoms with Gasteiger partial charge in [-0.3, -0.25) is 9.59 Å². The van der Waals surface area contributed by atoms with Gasteiger partial charge in [-0.2, -0.15) is 0 Å². The lowest BCUT2D eigenvalue weighted by molar-refractivity contribution is -0.120. The summed E-state index contributed by atoms with van der Waals surface area (Å²) in [6, 6.07) is 20.1. The lowest BCUT2D eigenvalue weighted by Gasteiger charge is -2.30. The Hall–Kier alpha value is -3.14. The molecule has 1 aliphatic heterocycles. The first-order chi connectivity index (χ1) is 14.2. The zero-order chi connectivity index (χ0) is 19.8. The Kier molecular flexibility index (Phi) is 4.55. The van der Waals surface area contributed by atoms with Gasteiger partial charge >= 0.3 is 0 Å². The van der Waals surface area contributed by atoms with E-state index in [0.29, 0.717) is 6.42 Å². The van der Waals surface area contributed by atoms with Crippen LogP contribution in [0.1, 0.15) is 30.4 Å². The molecule has 1 N–H and O–H groups in total. The van der Waals surface area contributed by atoms with Crippen molar-refractivity contribution in [2.24, 2.45) is 5.92 Å². The summed E-state index contributed by atoms with van der Waals surface area (Å²) in [6.45, 7) is 0.774. The Balaban J connectivity index is 1.36. The summed E-state index contributed by atoms with van der Waals surface area (Å²) >= 11 is 0. The van der Waals surface area contributed by atoms with Crippen molar-refractivity contribution in [2.75, 3.05) is 16.8 Å². The van der Waals surface area contributed by atoms with Crippen LogP contribution < -0.4 is 10.2 Å². The molecule has 3 aromatic rings. The SMILES string of the molecule is O=C(Cc1cccc2ccccc12)Nc1ccc2c(c1)N(C(=O)C1CC1)CCC2. The summed E-state index contributed by atoms with van der Waals surface area (Å²) in [5.74, 6) is 0.396. The first kappa shape index (κ1) is 17.9. The highest BCUT2D eigenvalue weighted by molar-refractivity contribution is 6.00. The predicted octanol–water partition coefficient (Wildman–Crippen LogP) is 4.71. The molecule has 4 heteroatoms. The van der Waals surface area contributed by atoms with Crippen molar-refractivity contribution in [3.63, 3.8) is 0 Å². The van der Waals surface area contributed by atoms with Crippen molar-refractivity contribution in [1.82, 2.24) is 0 Å². The zero-order valence-electron chi connectivity index (χ0n) is 16.4. The van der Waals surface area contributed by atoms with E-state index in [1.807, 2.05) is 41.3 Å². The molecule has 0 radical (unpaired) electrons. The van der Waals surface area contributed by atoms with Crippen molar-refractivity contribution in [3.05, 3.63) is 71.8 Å². The van der Waals surface area contributed by atoms with Gasteiger partial charge in [-0.25, -0.2) is 0 Å². The lowest BCUT2D eigenvalue weighted by Crippen LogP contribution is -2.36. The summed E-state index contributed by atoms with van der Waals surface area (Å²) in [7, 11) is 0. The second-order valence-electron chi connectivity index (χ2n) is 8.07. The molecule has 1 aliphatic carbocycles. The van der Waals surface area contributed by atoms with Crippen LogP contribution in [0, 0.1) is 5.92 Å². The highest BCUT2D eigenvalue weighted by atomic mass is 16.2. The highest BCUT2D eigenvalue weighted by Gasteiger charge is 2.35. The number of hydrogen-bond donors (Lipinski definition) is 1. The fraction of sp³-hybridized carbons (Fsp3) is 0.280. The molecule has 0 atom stereocenters. The molecule has 3 aromatic carbocycles. The van der Waals surface area contributed by atoms with Crippen LogP contribution in [-0.4, -0.2) is 18.4 Å². The molecule has 0 spiro atoms. The average Bonchev–Trinajstić information content (AvgIpc) is 3.58. The van der Waals surface area contributed by atoms with E-state index in [1.165, 1.54) is 5.56 Å². The third kappa shape index (κ3) is 3.63. The van der Waals surface area contributed by atoms with Crippen LogP contribution in [0.15, 0.2) is 60.7 Å². The Labute approximate surface area is 170 Å². The van der Waals surface area contributed by atoms with Crippen molar-refractivity contribution < 1.29 is 9.59 Å². The van der Waals surface area contributed by atoms with Gasteiger partial charge in [0.1, 0.15) is 0 Å². The molecule has 29 heavy (non-hydrogen) atoms. The van der Waals surface area contributed by atoms with Crippen molar-refractivity contribution >= 4 is 34.0 Å². The molecule has 0 aromatic heterocycles. The molecular formula is C25H24N2O2. The van der Waals surface area contributed by atoms with Gasteiger partial charge in [0.15, 0.2) is 0 Å². The number of fused-ring (bicyclic) bond motifs is 2. The fourth-order valence-electron chi connectivity index (χ4n) is 4.26. The molecule has 0 saturated heterocycles. The van der Waals surface area contributed by atoms with Crippen molar-refractivity contribution in [3.8, 4) is 0 Å². The van der Waals surface area contributed by atoms with Gasteiger partial charge in [0.05, 0.1) is 6.42 Å². The molecule has 5 rings (SSSR count). The molecule has 0 unspecified atom stereocenters. The molecule has 2 amide bonds. The smallest absolute Gasteiger partial charge is 0.230 e. The summed E-state index contributed by atoms with van der Waals surface area (Å²) in [5.41, 5.74) is 3.93. The number of aryl methyl sites for hydroxylation is 1. The number of nitrogens with zero attached hydrogens (tertiary/aromatic N) is 1. The van der Waals surface area contributed by atoms with Crippen LogP contribution in [0.2, 0.25) is 0 Å². The van der Waals surface area contributed by atoms with Gasteiger partial charge in [0.2, 0.25) is 11.8 Å². The molecule has 0 bridgehead atoms. The second-order valence-corrected chi connectivity index (χ2v) is 8.07. The second kappa shape index (κ2) is 7.36. The van der Waals surface area contributed by atoms with Gasteiger partial charge in [-0.15, -0.1) is 0 Å². The number of benzene rings is 3. The standard InChI is InChI=1S/C25H24N2O2/c28-24(15-20-7-3-6-17-5-1-2-9-22(17)20)26-21-13-12-18-8-4-14-27(23(18)16-21)25(29)19-10-11-19/h1-3,5-7,9,12-13,16,19H,4,8,10-11,14-15H2,(H,26,28). The topological polar surface area (TPSA) is 49.4 Å². The Morgan fingerprint density at radius 3 is 2.69 bits per heavy atom. The van der Waals surface area contributed by atoms with Gasteiger partial charge < -0.3 is 10.2 Å². The van der Waals surface area contributed by atoms with Crippen LogP contribution in [0.25, 0.3) is 10.8 Å². The van der Waals surface area contributed by atoms with E-state index in [-0.39, 0.29) is 17.7 Å². The van der Waals surface area contributed by atoms with Crippen LogP contribution in [-0.2, 0) is 22.4 Å². The first-order valence-electron chi connectivity index (χ1n) is 10.4. The van der Waals surface area contributed by atoms with Crippen LogP contribution in [0.5, 0.6) is 0 Å². The quantitative estimate of drug-likeness (QED) is 0.708. The molecule has 2 aliphatic rings. The zero-order valence-corrected chi connectivity index (χ0v) is 16.4. The monoisotopic (exact) mass is 384 g/mol. The third-order valence-electron chi connectivity index (χ3n) is 5.91. The lowest BCUT2D eigenvalue weighted by atomic mass is 10.00. The Morgan fingerprint density at radius 1 is 1.00 bits per heavy atom. The van der Waals surface area contributed by atoms with E-state index in [2.05, 4.69) is 29.6 Å². The van der Waals surface area contributed by atoms with Crippen LogP contribution >= 0.6 is 0 Å². The van der Waals surface area contributed by atoms with Gasteiger partial charge in [-0.1, -0.05) is 48.5 Å². The number of hydrogen-bond acceptors (Lipinski definition) is 2. The summed E-state index contributed by atoms with van der Waals surface area (Å²) in [6.07, 6.45) is 4.31. The minimum Gasteiger partial charge on any atom is -0.326 e. The summed E-state index contributed by atoms with van der Waals surface area (Å²) in [5, 5.41) is 5.28. The van der Waals surface area contributed by atoms with Gasteiger partial charge in [0, 0.05) is 23.8 Å². The number of amides is 2. The van der Waals surface area contributed by atoms with E-state index in [1.54, 1.807) is 0 Å². The Morgan fingerprint density at radius 2 is 1.83 bits per heavy atom. The number of nitrogens with one attached hydrogen (secondary N) is 1. The van der Waals surface area contributed by atoms with E-state index in [0.717, 1.165) is 59.9 Å². The van der Waals surface area contributed by atoms with Crippen LogP contribution in [0.3, 0.4) is 0 Å².